The summed E-state index contributed by atoms with van der Waals surface area (Å²) in [6.07, 6.45) is -0.661. The Morgan fingerprint density at radius 3 is 2.59 bits per heavy atom. The largest absolute Gasteiger partial charge is 0.392 e. The molecule has 0 aromatic heterocycles. The summed E-state index contributed by atoms with van der Waals surface area (Å²) in [5, 5.41) is 14.9. The van der Waals surface area contributed by atoms with E-state index in [0.29, 0.717) is 10.7 Å². The molecule has 0 aliphatic carbocycles. The summed E-state index contributed by atoms with van der Waals surface area (Å²) >= 11 is 5.71. The first-order valence-corrected chi connectivity index (χ1v) is 5.61. The zero-order chi connectivity index (χ0) is 12.8. The van der Waals surface area contributed by atoms with E-state index >= 15 is 0 Å². The summed E-state index contributed by atoms with van der Waals surface area (Å²) in [4.78, 5) is 11.4. The summed E-state index contributed by atoms with van der Waals surface area (Å²) in [6, 6.07) is 5.89. The number of amides is 2. The molecular formula is C11H16ClN3O2. The Labute approximate surface area is 105 Å². The topological polar surface area (TPSA) is 87.4 Å². The van der Waals surface area contributed by atoms with Crippen LogP contribution in [-0.2, 0) is 0 Å². The van der Waals surface area contributed by atoms with Crippen molar-refractivity contribution in [2.45, 2.75) is 19.1 Å². The van der Waals surface area contributed by atoms with E-state index in [4.69, 9.17) is 22.4 Å². The van der Waals surface area contributed by atoms with Gasteiger partial charge in [-0.2, -0.15) is 0 Å². The van der Waals surface area contributed by atoms with E-state index < -0.39 is 12.1 Å². The van der Waals surface area contributed by atoms with Crippen LogP contribution in [-0.4, -0.2) is 29.8 Å². The molecule has 6 heteroatoms. The van der Waals surface area contributed by atoms with Gasteiger partial charge in [-0.15, -0.1) is 0 Å². The lowest BCUT2D eigenvalue weighted by Gasteiger charge is -2.15. The first kappa shape index (κ1) is 13.8. The highest BCUT2D eigenvalue weighted by molar-refractivity contribution is 6.30. The Bertz CT molecular complexity index is 367. The van der Waals surface area contributed by atoms with Crippen molar-refractivity contribution in [2.24, 2.45) is 5.73 Å². The molecule has 1 aromatic rings. The van der Waals surface area contributed by atoms with Crippen LogP contribution in [0.1, 0.15) is 6.92 Å². The molecule has 94 valence electrons. The molecule has 5 nitrogen and oxygen atoms in total. The monoisotopic (exact) mass is 257 g/mol. The van der Waals surface area contributed by atoms with Gasteiger partial charge in [-0.1, -0.05) is 11.6 Å². The van der Waals surface area contributed by atoms with Crippen molar-refractivity contribution in [2.75, 3.05) is 11.9 Å². The highest BCUT2D eigenvalue weighted by Crippen LogP contribution is 2.12. The number of benzene rings is 1. The Balaban J connectivity index is 2.37. The molecule has 2 amide bonds. The molecule has 0 aliphatic heterocycles. The highest BCUT2D eigenvalue weighted by atomic mass is 35.5. The van der Waals surface area contributed by atoms with Gasteiger partial charge in [-0.05, 0) is 31.2 Å². The lowest BCUT2D eigenvalue weighted by atomic mass is 10.2. The maximum Gasteiger partial charge on any atom is 0.319 e. The number of aliphatic hydroxyl groups is 1. The lowest BCUT2D eigenvalue weighted by Crippen LogP contribution is -2.44. The molecule has 1 rings (SSSR count). The average Bonchev–Trinajstić information content (AvgIpc) is 2.29. The summed E-state index contributed by atoms with van der Waals surface area (Å²) in [6.45, 7) is 1.78. The Hall–Kier alpha value is -1.30. The predicted molar refractivity (Wildman–Crippen MR) is 68.1 cm³/mol. The number of hydrogen-bond donors (Lipinski definition) is 4. The molecule has 0 saturated carbocycles. The van der Waals surface area contributed by atoms with Gasteiger partial charge in [0, 0.05) is 23.3 Å². The third-order valence-corrected chi connectivity index (χ3v) is 2.47. The van der Waals surface area contributed by atoms with Crippen LogP contribution in [0.4, 0.5) is 10.5 Å². The molecule has 1 aromatic carbocycles. The molecule has 0 aliphatic rings. The first-order valence-electron chi connectivity index (χ1n) is 5.23. The van der Waals surface area contributed by atoms with E-state index in [1.54, 1.807) is 31.2 Å². The van der Waals surface area contributed by atoms with Gasteiger partial charge in [-0.25, -0.2) is 4.79 Å². The Morgan fingerprint density at radius 1 is 1.47 bits per heavy atom. The first-order chi connectivity index (χ1) is 7.99. The van der Waals surface area contributed by atoms with Crippen LogP contribution in [0.5, 0.6) is 0 Å². The van der Waals surface area contributed by atoms with Crippen LogP contribution in [0.25, 0.3) is 0 Å². The van der Waals surface area contributed by atoms with E-state index in [1.165, 1.54) is 0 Å². The quantitative estimate of drug-likeness (QED) is 0.653. The minimum absolute atomic E-state index is 0.205. The third kappa shape index (κ3) is 5.04. The average molecular weight is 258 g/mol. The van der Waals surface area contributed by atoms with Crippen LogP contribution in [0, 0.1) is 0 Å². The van der Waals surface area contributed by atoms with E-state index in [2.05, 4.69) is 10.6 Å². The standard InChI is InChI=1S/C11H16ClN3O2/c1-7(16)10(13)6-14-11(17)15-9-4-2-8(12)3-5-9/h2-5,7,10,16H,6,13H2,1H3,(H2,14,15,17). The molecule has 0 radical (unpaired) electrons. The summed E-state index contributed by atoms with van der Waals surface area (Å²) in [7, 11) is 0. The smallest absolute Gasteiger partial charge is 0.319 e. The van der Waals surface area contributed by atoms with E-state index in [0.717, 1.165) is 0 Å². The fourth-order valence-corrected chi connectivity index (χ4v) is 1.22. The fraction of sp³-hybridized carbons (Fsp3) is 0.364. The SMILES string of the molecule is CC(O)C(N)CNC(=O)Nc1ccc(Cl)cc1. The summed E-state index contributed by atoms with van der Waals surface area (Å²) < 4.78 is 0. The number of nitrogens with one attached hydrogen (secondary N) is 2. The number of nitrogens with two attached hydrogens (primary N) is 1. The maximum absolute atomic E-state index is 11.4. The molecular weight excluding hydrogens is 242 g/mol. The summed E-state index contributed by atoms with van der Waals surface area (Å²) in [5.41, 5.74) is 6.20. The van der Waals surface area contributed by atoms with Gasteiger partial charge in [0.25, 0.3) is 0 Å². The van der Waals surface area contributed by atoms with Crippen molar-refractivity contribution >= 4 is 23.3 Å². The minimum atomic E-state index is -0.661. The fourth-order valence-electron chi connectivity index (χ4n) is 1.09. The number of carbonyl (C=O) groups excluding carboxylic acids is 1. The number of aliphatic hydroxyl groups excluding tert-OH is 1. The van der Waals surface area contributed by atoms with Gasteiger partial charge < -0.3 is 21.5 Å². The molecule has 0 heterocycles. The van der Waals surface area contributed by atoms with Gasteiger partial charge in [0.2, 0.25) is 0 Å². The molecule has 0 spiro atoms. The molecule has 2 atom stereocenters. The molecule has 2 unspecified atom stereocenters. The second kappa shape index (κ2) is 6.44. The molecule has 0 bridgehead atoms. The van der Waals surface area contributed by atoms with Crippen molar-refractivity contribution in [3.05, 3.63) is 29.3 Å². The van der Waals surface area contributed by atoms with Crippen LogP contribution >= 0.6 is 11.6 Å². The van der Waals surface area contributed by atoms with Crippen LogP contribution < -0.4 is 16.4 Å². The molecule has 5 N–H and O–H groups in total. The second-order valence-electron chi connectivity index (χ2n) is 3.75. The van der Waals surface area contributed by atoms with Crippen LogP contribution in [0.15, 0.2) is 24.3 Å². The second-order valence-corrected chi connectivity index (χ2v) is 4.18. The van der Waals surface area contributed by atoms with Crippen LogP contribution in [0.2, 0.25) is 5.02 Å². The van der Waals surface area contributed by atoms with Gasteiger partial charge in [-0.3, -0.25) is 0 Å². The van der Waals surface area contributed by atoms with E-state index in [-0.39, 0.29) is 12.6 Å². The van der Waals surface area contributed by atoms with Gasteiger partial charge >= 0.3 is 6.03 Å². The predicted octanol–water partition coefficient (Wildman–Crippen LogP) is 1.17. The molecule has 0 fully saturated rings. The number of urea groups is 1. The van der Waals surface area contributed by atoms with Crippen molar-refractivity contribution in [1.29, 1.82) is 0 Å². The number of hydrogen-bond acceptors (Lipinski definition) is 3. The third-order valence-electron chi connectivity index (χ3n) is 2.22. The minimum Gasteiger partial charge on any atom is -0.392 e. The van der Waals surface area contributed by atoms with Crippen molar-refractivity contribution < 1.29 is 9.90 Å². The number of carbonyl (C=O) groups is 1. The molecule has 17 heavy (non-hydrogen) atoms. The van der Waals surface area contributed by atoms with Crippen LogP contribution in [0.3, 0.4) is 0 Å². The maximum atomic E-state index is 11.4. The zero-order valence-corrected chi connectivity index (χ0v) is 10.2. The van der Waals surface area contributed by atoms with Gasteiger partial charge in [0.1, 0.15) is 0 Å². The highest BCUT2D eigenvalue weighted by Gasteiger charge is 2.10. The Kier molecular flexibility index (Phi) is 5.21. The normalized spacial score (nSPS) is 13.9. The van der Waals surface area contributed by atoms with Crippen molar-refractivity contribution in [1.82, 2.24) is 5.32 Å². The summed E-state index contributed by atoms with van der Waals surface area (Å²) in [5.74, 6) is 0. The number of rotatable bonds is 4. The van der Waals surface area contributed by atoms with Gasteiger partial charge in [0.05, 0.1) is 6.10 Å². The lowest BCUT2D eigenvalue weighted by molar-refractivity contribution is 0.162. The Morgan fingerprint density at radius 2 is 2.06 bits per heavy atom. The van der Waals surface area contributed by atoms with Crippen molar-refractivity contribution in [3.63, 3.8) is 0 Å². The zero-order valence-electron chi connectivity index (χ0n) is 9.48. The number of anilines is 1. The van der Waals surface area contributed by atoms with E-state index in [9.17, 15) is 4.79 Å². The molecule has 0 saturated heterocycles. The van der Waals surface area contributed by atoms with E-state index in [1.807, 2.05) is 0 Å². The van der Waals surface area contributed by atoms with Gasteiger partial charge in [0.15, 0.2) is 0 Å². The number of halogens is 1. The van der Waals surface area contributed by atoms with Crippen molar-refractivity contribution in [3.8, 4) is 0 Å².